The number of carbonyl (C=O) groups excluding carboxylic acids is 2. The summed E-state index contributed by atoms with van der Waals surface area (Å²) < 4.78 is 7.32. The third-order valence-corrected chi connectivity index (χ3v) is 8.58. The van der Waals surface area contributed by atoms with Crippen molar-refractivity contribution in [3.05, 3.63) is 108 Å². The summed E-state index contributed by atoms with van der Waals surface area (Å²) >= 11 is 0. The van der Waals surface area contributed by atoms with E-state index < -0.39 is 0 Å². The first kappa shape index (κ1) is 28.7. The summed E-state index contributed by atoms with van der Waals surface area (Å²) in [6.45, 7) is 9.51. The quantitative estimate of drug-likeness (QED) is 0.262. The van der Waals surface area contributed by atoms with Crippen LogP contribution < -0.4 is 10.2 Å². The van der Waals surface area contributed by atoms with E-state index in [2.05, 4.69) is 49.3 Å². The molecule has 3 aromatic carbocycles. The molecule has 2 aliphatic heterocycles. The Bertz CT molecular complexity index is 1880. The molecule has 0 atom stereocenters. The van der Waals surface area contributed by atoms with Gasteiger partial charge in [-0.25, -0.2) is 9.97 Å². The molecular formula is C36H36N6O3. The number of hydrogen-bond donors (Lipinski definition) is 1. The lowest BCUT2D eigenvalue weighted by Gasteiger charge is -2.26. The summed E-state index contributed by atoms with van der Waals surface area (Å²) in [6, 6.07) is 21.6. The van der Waals surface area contributed by atoms with Crippen LogP contribution in [0.1, 0.15) is 52.6 Å². The Kier molecular flexibility index (Phi) is 7.33. The van der Waals surface area contributed by atoms with Crippen molar-refractivity contribution >= 4 is 34.7 Å². The number of nitrogens with one attached hydrogen (secondary N) is 1. The molecule has 0 saturated carbocycles. The zero-order valence-corrected chi connectivity index (χ0v) is 25.8. The lowest BCUT2D eigenvalue weighted by atomic mass is 9.86. The number of nitrogens with zero attached hydrogens (tertiary/aromatic N) is 5. The lowest BCUT2D eigenvalue weighted by molar-refractivity contribution is 0.0303. The largest absolute Gasteiger partial charge is 0.378 e. The summed E-state index contributed by atoms with van der Waals surface area (Å²) in [6.07, 6.45) is 6.39. The molecule has 0 spiro atoms. The van der Waals surface area contributed by atoms with Gasteiger partial charge >= 0.3 is 0 Å². The maximum Gasteiger partial charge on any atom is 0.258 e. The summed E-state index contributed by atoms with van der Waals surface area (Å²) in [5.41, 5.74) is 7.89. The lowest BCUT2D eigenvalue weighted by Crippen LogP contribution is -2.40. The highest BCUT2D eigenvalue weighted by Gasteiger charge is 2.27. The minimum Gasteiger partial charge on any atom is -0.378 e. The van der Waals surface area contributed by atoms with Crippen LogP contribution in [0.3, 0.4) is 0 Å². The van der Waals surface area contributed by atoms with Gasteiger partial charge in [-0.2, -0.15) is 0 Å². The van der Waals surface area contributed by atoms with Crippen molar-refractivity contribution in [1.82, 2.24) is 19.3 Å². The molecule has 2 amide bonds. The molecule has 9 nitrogen and oxygen atoms in total. The van der Waals surface area contributed by atoms with Crippen LogP contribution in [0.5, 0.6) is 0 Å². The van der Waals surface area contributed by atoms with Gasteiger partial charge in [-0.1, -0.05) is 39.0 Å². The van der Waals surface area contributed by atoms with Gasteiger partial charge in [-0.3, -0.25) is 9.59 Å². The number of imidazole rings is 1. The van der Waals surface area contributed by atoms with Crippen molar-refractivity contribution < 1.29 is 14.3 Å². The van der Waals surface area contributed by atoms with E-state index in [-0.39, 0.29) is 17.2 Å². The second kappa shape index (κ2) is 11.5. The van der Waals surface area contributed by atoms with Gasteiger partial charge in [-0.05, 0) is 71.5 Å². The van der Waals surface area contributed by atoms with Crippen LogP contribution in [0.4, 0.5) is 17.2 Å². The molecule has 7 rings (SSSR count). The second-order valence-electron chi connectivity index (χ2n) is 12.6. The Hall–Kier alpha value is -5.02. The zero-order chi connectivity index (χ0) is 31.1. The number of fused-ring (bicyclic) bond motifs is 2. The first-order valence-electron chi connectivity index (χ1n) is 15.4. The van der Waals surface area contributed by atoms with E-state index >= 15 is 0 Å². The predicted molar refractivity (Wildman–Crippen MR) is 175 cm³/mol. The minimum atomic E-state index is 0.0101. The standard InChI is InChI=1S/C36H36N6O3/c1-36(2,3)28-9-4-25(5-10-28)35(44)42-16-14-27-22-26(8-13-31(27)42)30-23-41-17-15-37-33(41)32(39-30)38-29-11-6-24(7-12-29)34(43)40-18-20-45-21-19-40/h4-13,15,17,22-23H,14,16,18-21H2,1-3H3,(H,38,39). The molecule has 0 aliphatic carbocycles. The van der Waals surface area contributed by atoms with Crippen LogP contribution in [-0.2, 0) is 16.6 Å². The number of hydrogen-bond acceptors (Lipinski definition) is 6. The number of ether oxygens (including phenoxy) is 1. The average molecular weight is 601 g/mol. The van der Waals surface area contributed by atoms with Gasteiger partial charge in [0.2, 0.25) is 0 Å². The Morgan fingerprint density at radius 2 is 1.58 bits per heavy atom. The maximum absolute atomic E-state index is 13.5. The number of amides is 2. The van der Waals surface area contributed by atoms with E-state index in [0.717, 1.165) is 34.6 Å². The molecule has 5 aromatic rings. The third kappa shape index (κ3) is 5.67. The average Bonchev–Trinajstić information content (AvgIpc) is 3.72. The van der Waals surface area contributed by atoms with Crippen molar-refractivity contribution in [2.75, 3.05) is 43.1 Å². The van der Waals surface area contributed by atoms with E-state index in [0.29, 0.717) is 55.4 Å². The summed E-state index contributed by atoms with van der Waals surface area (Å²) in [5.74, 6) is 0.640. The van der Waals surface area contributed by atoms with E-state index in [1.165, 1.54) is 5.56 Å². The van der Waals surface area contributed by atoms with Crippen molar-refractivity contribution in [3.63, 3.8) is 0 Å². The Balaban J connectivity index is 1.12. The van der Waals surface area contributed by atoms with Gasteiger partial charge in [-0.15, -0.1) is 0 Å². The molecule has 4 heterocycles. The van der Waals surface area contributed by atoms with E-state index in [1.54, 1.807) is 6.20 Å². The topological polar surface area (TPSA) is 92.1 Å². The van der Waals surface area contributed by atoms with Crippen LogP contribution in [0.25, 0.3) is 16.9 Å². The first-order chi connectivity index (χ1) is 21.7. The summed E-state index contributed by atoms with van der Waals surface area (Å²) in [4.78, 5) is 39.5. The summed E-state index contributed by atoms with van der Waals surface area (Å²) in [5, 5.41) is 3.40. The highest BCUT2D eigenvalue weighted by molar-refractivity contribution is 6.07. The molecule has 9 heteroatoms. The molecule has 0 bridgehead atoms. The Labute approximate surface area is 262 Å². The van der Waals surface area contributed by atoms with Gasteiger partial charge in [0.25, 0.3) is 11.8 Å². The number of benzene rings is 3. The molecule has 1 N–H and O–H groups in total. The van der Waals surface area contributed by atoms with Gasteiger partial charge < -0.3 is 24.3 Å². The predicted octanol–water partition coefficient (Wildman–Crippen LogP) is 6.11. The normalized spacial score (nSPS) is 14.9. The molecule has 1 saturated heterocycles. The molecule has 0 radical (unpaired) electrons. The number of anilines is 3. The zero-order valence-electron chi connectivity index (χ0n) is 25.8. The SMILES string of the molecule is CC(C)(C)c1ccc(C(=O)N2CCc3cc(-c4cn5ccnc5c(Nc5ccc(C(=O)N6CCOCC6)cc5)n4)ccc32)cc1. The molecule has 45 heavy (non-hydrogen) atoms. The number of carbonyl (C=O) groups is 2. The van der Waals surface area contributed by atoms with Gasteiger partial charge in [0, 0.05) is 66.3 Å². The Morgan fingerprint density at radius 3 is 2.31 bits per heavy atom. The van der Waals surface area contributed by atoms with Crippen molar-refractivity contribution in [3.8, 4) is 11.3 Å². The minimum absolute atomic E-state index is 0.0101. The first-order valence-corrected chi connectivity index (χ1v) is 15.4. The molecule has 1 fully saturated rings. The van der Waals surface area contributed by atoms with Crippen molar-refractivity contribution in [2.45, 2.75) is 32.6 Å². The monoisotopic (exact) mass is 600 g/mol. The third-order valence-electron chi connectivity index (χ3n) is 8.58. The van der Waals surface area contributed by atoms with Crippen LogP contribution in [0, 0.1) is 0 Å². The van der Waals surface area contributed by atoms with E-state index in [1.807, 2.05) is 75.1 Å². The highest BCUT2D eigenvalue weighted by atomic mass is 16.5. The van der Waals surface area contributed by atoms with Crippen LogP contribution >= 0.6 is 0 Å². The fourth-order valence-electron chi connectivity index (χ4n) is 5.98. The Morgan fingerprint density at radius 1 is 0.867 bits per heavy atom. The number of aromatic nitrogens is 3. The molecule has 2 aromatic heterocycles. The number of morpholine rings is 1. The van der Waals surface area contributed by atoms with Gasteiger partial charge in [0.15, 0.2) is 11.5 Å². The fourth-order valence-corrected chi connectivity index (χ4v) is 5.98. The van der Waals surface area contributed by atoms with Crippen molar-refractivity contribution in [2.24, 2.45) is 0 Å². The fraction of sp³-hybridized carbons (Fsp3) is 0.278. The van der Waals surface area contributed by atoms with E-state index in [9.17, 15) is 9.59 Å². The van der Waals surface area contributed by atoms with Crippen molar-refractivity contribution in [1.29, 1.82) is 0 Å². The maximum atomic E-state index is 13.5. The summed E-state index contributed by atoms with van der Waals surface area (Å²) in [7, 11) is 0. The van der Waals surface area contributed by atoms with Crippen LogP contribution in [-0.4, -0.2) is 63.9 Å². The molecule has 228 valence electrons. The molecule has 2 aliphatic rings. The van der Waals surface area contributed by atoms with Crippen LogP contribution in [0.15, 0.2) is 85.3 Å². The molecule has 0 unspecified atom stereocenters. The van der Waals surface area contributed by atoms with Gasteiger partial charge in [0.1, 0.15) is 0 Å². The van der Waals surface area contributed by atoms with E-state index in [4.69, 9.17) is 9.72 Å². The van der Waals surface area contributed by atoms with Crippen LogP contribution in [0.2, 0.25) is 0 Å². The smallest absolute Gasteiger partial charge is 0.258 e. The second-order valence-corrected chi connectivity index (χ2v) is 12.6. The van der Waals surface area contributed by atoms with Gasteiger partial charge in [0.05, 0.1) is 18.9 Å². The number of rotatable bonds is 5. The molecular weight excluding hydrogens is 564 g/mol. The highest BCUT2D eigenvalue weighted by Crippen LogP contribution is 2.34.